The van der Waals surface area contributed by atoms with E-state index in [1.54, 1.807) is 6.08 Å². The van der Waals surface area contributed by atoms with E-state index < -0.39 is 5.97 Å². The third-order valence-corrected chi connectivity index (χ3v) is 2.18. The predicted octanol–water partition coefficient (Wildman–Crippen LogP) is 3.04. The number of aliphatic hydroxyl groups excluding tert-OH is 1. The number of aliphatic hydroxyl groups is 1. The Morgan fingerprint density at radius 1 is 1.32 bits per heavy atom. The zero-order valence-corrected chi connectivity index (χ0v) is 12.3. The van der Waals surface area contributed by atoms with Crippen LogP contribution in [0.1, 0.15) is 5.56 Å². The average molecular weight is 297 g/mol. The Morgan fingerprint density at radius 3 is 2.55 bits per heavy atom. The summed E-state index contributed by atoms with van der Waals surface area (Å²) in [5, 5.41) is 16.6. The van der Waals surface area contributed by atoms with Gasteiger partial charge in [-0.2, -0.15) is 5.26 Å². The fraction of sp³-hybridized carbons (Fsp3) is 0.111. The molecule has 22 heavy (non-hydrogen) atoms. The number of esters is 1. The first-order valence-electron chi connectivity index (χ1n) is 6.50. The van der Waals surface area contributed by atoms with E-state index in [4.69, 9.17) is 10.4 Å². The Kier molecular flexibility index (Phi) is 11.4. The molecule has 0 unspecified atom stereocenters. The number of carbonyl (C=O) groups is 1. The van der Waals surface area contributed by atoms with E-state index in [0.29, 0.717) is 0 Å². The molecule has 0 saturated carbocycles. The van der Waals surface area contributed by atoms with Crippen LogP contribution < -0.4 is 0 Å². The van der Waals surface area contributed by atoms with E-state index in [0.717, 1.165) is 5.56 Å². The molecule has 0 aliphatic heterocycles. The molecule has 0 spiro atoms. The highest BCUT2D eigenvalue weighted by atomic mass is 16.5. The highest BCUT2D eigenvalue weighted by molar-refractivity contribution is 5.87. The normalized spacial score (nSPS) is 9.64. The van der Waals surface area contributed by atoms with Crippen molar-refractivity contribution >= 4 is 12.0 Å². The second-order valence-corrected chi connectivity index (χ2v) is 3.91. The van der Waals surface area contributed by atoms with Gasteiger partial charge >= 0.3 is 5.97 Å². The van der Waals surface area contributed by atoms with Crippen molar-refractivity contribution in [3.63, 3.8) is 0 Å². The third-order valence-electron chi connectivity index (χ3n) is 2.18. The van der Waals surface area contributed by atoms with Gasteiger partial charge in [-0.25, -0.2) is 4.79 Å². The van der Waals surface area contributed by atoms with Crippen molar-refractivity contribution < 1.29 is 14.6 Å². The molecule has 0 radical (unpaired) electrons. The van der Waals surface area contributed by atoms with Gasteiger partial charge in [-0.15, -0.1) is 0 Å². The van der Waals surface area contributed by atoms with Gasteiger partial charge in [0.2, 0.25) is 0 Å². The summed E-state index contributed by atoms with van der Waals surface area (Å²) in [6, 6.07) is 11.9. The van der Waals surface area contributed by atoms with Gasteiger partial charge in [0.25, 0.3) is 0 Å². The zero-order valence-electron chi connectivity index (χ0n) is 12.3. The molecule has 1 aromatic carbocycles. The molecule has 114 valence electrons. The minimum absolute atomic E-state index is 0.0573. The van der Waals surface area contributed by atoms with Gasteiger partial charge in [-0.05, 0) is 5.56 Å². The Balaban J connectivity index is 0.000000409. The van der Waals surface area contributed by atoms with Crippen LogP contribution in [0.2, 0.25) is 0 Å². The number of allylic oxidation sites excluding steroid dienone is 3. The van der Waals surface area contributed by atoms with Crippen LogP contribution >= 0.6 is 0 Å². The zero-order chi connectivity index (χ0) is 16.6. The van der Waals surface area contributed by atoms with Crippen molar-refractivity contribution in [1.82, 2.24) is 0 Å². The van der Waals surface area contributed by atoms with E-state index >= 15 is 0 Å². The lowest BCUT2D eigenvalue weighted by Gasteiger charge is -2.00. The first-order valence-corrected chi connectivity index (χ1v) is 6.50. The second kappa shape index (κ2) is 13.1. The molecular formula is C18H19NO3. The van der Waals surface area contributed by atoms with E-state index in [1.807, 2.05) is 48.6 Å². The van der Waals surface area contributed by atoms with Crippen molar-refractivity contribution in [1.29, 1.82) is 5.26 Å². The lowest BCUT2D eigenvalue weighted by atomic mass is 10.2. The van der Waals surface area contributed by atoms with Crippen molar-refractivity contribution in [2.45, 2.75) is 0 Å². The van der Waals surface area contributed by atoms with Gasteiger partial charge in [-0.1, -0.05) is 67.8 Å². The van der Waals surface area contributed by atoms with Gasteiger partial charge < -0.3 is 9.84 Å². The van der Waals surface area contributed by atoms with Crippen molar-refractivity contribution in [2.75, 3.05) is 13.2 Å². The van der Waals surface area contributed by atoms with Crippen LogP contribution in [0, 0.1) is 11.3 Å². The largest absolute Gasteiger partial charge is 0.458 e. The monoisotopic (exact) mass is 297 g/mol. The van der Waals surface area contributed by atoms with Crippen LogP contribution in [0.4, 0.5) is 0 Å². The molecule has 1 aromatic rings. The minimum atomic E-state index is -0.581. The maximum Gasteiger partial charge on any atom is 0.336 e. The molecule has 0 aliphatic carbocycles. The topological polar surface area (TPSA) is 70.3 Å². The van der Waals surface area contributed by atoms with Crippen LogP contribution in [-0.2, 0) is 9.53 Å². The lowest BCUT2D eigenvalue weighted by Crippen LogP contribution is -2.09. The summed E-state index contributed by atoms with van der Waals surface area (Å²) in [7, 11) is 0. The Morgan fingerprint density at radius 2 is 2.00 bits per heavy atom. The van der Waals surface area contributed by atoms with Gasteiger partial charge in [0.05, 0.1) is 18.2 Å². The number of nitriles is 1. The summed E-state index contributed by atoms with van der Waals surface area (Å²) in [4.78, 5) is 10.6. The molecular weight excluding hydrogens is 278 g/mol. The number of hydrogen-bond donors (Lipinski definition) is 1. The number of carbonyl (C=O) groups excluding carboxylic acids is 1. The van der Waals surface area contributed by atoms with E-state index in [2.05, 4.69) is 17.9 Å². The second-order valence-electron chi connectivity index (χ2n) is 3.91. The van der Waals surface area contributed by atoms with Crippen LogP contribution in [0.15, 0.2) is 73.4 Å². The van der Waals surface area contributed by atoms with Crippen molar-refractivity contribution in [3.05, 3.63) is 78.9 Å². The van der Waals surface area contributed by atoms with Gasteiger partial charge in [0.15, 0.2) is 0 Å². The summed E-state index contributed by atoms with van der Waals surface area (Å²) >= 11 is 0. The maximum atomic E-state index is 10.6. The summed E-state index contributed by atoms with van der Waals surface area (Å²) in [5.74, 6) is -0.581. The Labute approximate surface area is 131 Å². The molecule has 1 rings (SSSR count). The third kappa shape index (κ3) is 9.96. The molecule has 0 aliphatic rings. The highest BCUT2D eigenvalue weighted by Crippen LogP contribution is 2.00. The standard InChI is InChI=1S/C11H9N.C7H10O3/c12-10-6-2-5-9-11-7-3-1-4-8-11;1-3-4-10-7(9)6(2)5-8/h1-9H;3,8H,1-2,4-5H2. The Hall–Kier alpha value is -2.90. The molecule has 4 nitrogen and oxygen atoms in total. The van der Waals surface area contributed by atoms with E-state index in [1.165, 1.54) is 12.2 Å². The molecule has 0 fully saturated rings. The minimum Gasteiger partial charge on any atom is -0.458 e. The van der Waals surface area contributed by atoms with Crippen LogP contribution in [0.5, 0.6) is 0 Å². The SMILES string of the molecule is C=CCOC(=O)C(=C)CO.N#CC=CC=Cc1ccccc1. The van der Waals surface area contributed by atoms with Crippen LogP contribution in [-0.4, -0.2) is 24.3 Å². The first-order chi connectivity index (χ1) is 10.7. The average Bonchev–Trinajstić information content (AvgIpc) is 2.57. The number of benzene rings is 1. The fourth-order valence-electron chi connectivity index (χ4n) is 1.13. The van der Waals surface area contributed by atoms with Crippen LogP contribution in [0.3, 0.4) is 0 Å². The molecule has 4 heteroatoms. The maximum absolute atomic E-state index is 10.6. The van der Waals surface area contributed by atoms with Crippen molar-refractivity contribution in [3.8, 4) is 6.07 Å². The van der Waals surface area contributed by atoms with Crippen LogP contribution in [0.25, 0.3) is 6.08 Å². The van der Waals surface area contributed by atoms with Crippen molar-refractivity contribution in [2.24, 2.45) is 0 Å². The van der Waals surface area contributed by atoms with Gasteiger partial charge in [0, 0.05) is 6.08 Å². The van der Waals surface area contributed by atoms with E-state index in [9.17, 15) is 4.79 Å². The Bertz CT molecular complexity index is 566. The molecule has 1 N–H and O–H groups in total. The van der Waals surface area contributed by atoms with E-state index in [-0.39, 0.29) is 18.8 Å². The number of ether oxygens (including phenoxy) is 1. The number of nitrogens with zero attached hydrogens (tertiary/aromatic N) is 1. The molecule has 0 saturated heterocycles. The highest BCUT2D eigenvalue weighted by Gasteiger charge is 2.04. The smallest absolute Gasteiger partial charge is 0.336 e. The fourth-order valence-corrected chi connectivity index (χ4v) is 1.13. The molecule has 0 amide bonds. The number of hydrogen-bond acceptors (Lipinski definition) is 4. The summed E-state index contributed by atoms with van der Waals surface area (Å²) in [6.45, 7) is 6.40. The summed E-state index contributed by atoms with van der Waals surface area (Å²) in [5.41, 5.74) is 1.20. The number of rotatable bonds is 6. The molecule has 0 atom stereocenters. The molecule has 0 aromatic heterocycles. The lowest BCUT2D eigenvalue weighted by molar-refractivity contribution is -0.138. The molecule has 0 bridgehead atoms. The quantitative estimate of drug-likeness (QED) is 0.288. The predicted molar refractivity (Wildman–Crippen MR) is 87.6 cm³/mol. The summed E-state index contributed by atoms with van der Waals surface area (Å²) < 4.78 is 4.53. The molecule has 0 heterocycles. The van der Waals surface area contributed by atoms with Gasteiger partial charge in [-0.3, -0.25) is 0 Å². The van der Waals surface area contributed by atoms with Gasteiger partial charge in [0.1, 0.15) is 6.61 Å². The summed E-state index contributed by atoms with van der Waals surface area (Å²) in [6.07, 6.45) is 8.40. The first kappa shape index (κ1) is 19.1.